The molecule has 0 amide bonds. The first-order valence-corrected chi connectivity index (χ1v) is 14.8. The standard InChI is InChI=1S/C26H26N6O7S2.2Na/c1-3-39-32(2)26-30-24(27-20-12-5-4-6-13-20)29-25(31-26)28-21-14-9-11-19(23(21)41(36,37)38)17-16-18-10-7-8-15-22(18)40(33,34)35;;/h4-17H,3H2,1-2H3,(H,33,34,35)(H,36,37,38)(H2,27,28,29,30,31);;/q;2*+1/p-2. The number of hydrogen-bond donors (Lipinski definition) is 2. The summed E-state index contributed by atoms with van der Waals surface area (Å²) in [7, 11) is -8.31. The Balaban J connectivity index is 0.00000323. The summed E-state index contributed by atoms with van der Waals surface area (Å²) in [4.78, 5) is 17.2. The molecule has 0 spiro atoms. The second-order valence-corrected chi connectivity index (χ2v) is 11.0. The van der Waals surface area contributed by atoms with E-state index in [1.807, 2.05) is 18.2 Å². The van der Waals surface area contributed by atoms with Crippen LogP contribution in [0.5, 0.6) is 0 Å². The first-order valence-electron chi connectivity index (χ1n) is 12.0. The molecule has 0 aliphatic heterocycles. The fraction of sp³-hybridized carbons (Fsp3) is 0.115. The summed E-state index contributed by atoms with van der Waals surface area (Å²) in [5, 5.41) is 7.10. The predicted octanol–water partition coefficient (Wildman–Crippen LogP) is -2.27. The van der Waals surface area contributed by atoms with Gasteiger partial charge in [-0.05, 0) is 42.3 Å². The maximum absolute atomic E-state index is 12.4. The molecular weight excluding hydrogens is 618 g/mol. The van der Waals surface area contributed by atoms with E-state index < -0.39 is 30.0 Å². The minimum atomic E-state index is -5.09. The molecule has 0 bridgehead atoms. The summed E-state index contributed by atoms with van der Waals surface area (Å²) in [5.74, 6) is 0.0860. The Morgan fingerprint density at radius 3 is 1.98 bits per heavy atom. The number of hydroxylamine groups is 1. The molecule has 0 saturated heterocycles. The summed E-state index contributed by atoms with van der Waals surface area (Å²) in [5.41, 5.74) is 0.484. The molecule has 0 aliphatic rings. The van der Waals surface area contributed by atoms with Crippen LogP contribution >= 0.6 is 0 Å². The molecule has 1 aromatic heterocycles. The first-order chi connectivity index (χ1) is 19.5. The zero-order valence-electron chi connectivity index (χ0n) is 23.8. The van der Waals surface area contributed by atoms with Gasteiger partial charge in [0.25, 0.3) is 5.95 Å². The average molecular weight is 643 g/mol. The molecular formula is C26H24N6Na2O7S2. The molecule has 3 aromatic carbocycles. The van der Waals surface area contributed by atoms with Crippen LogP contribution in [0.2, 0.25) is 0 Å². The van der Waals surface area contributed by atoms with Gasteiger partial charge in [0.2, 0.25) is 11.9 Å². The topological polar surface area (TPSA) is 190 Å². The van der Waals surface area contributed by atoms with Crippen LogP contribution in [0.3, 0.4) is 0 Å². The molecule has 0 atom stereocenters. The van der Waals surface area contributed by atoms with Crippen molar-refractivity contribution >= 4 is 61.6 Å². The van der Waals surface area contributed by atoms with Crippen molar-refractivity contribution in [1.82, 2.24) is 15.0 Å². The van der Waals surface area contributed by atoms with Crippen LogP contribution in [-0.2, 0) is 25.1 Å². The van der Waals surface area contributed by atoms with Gasteiger partial charge in [0, 0.05) is 12.7 Å². The van der Waals surface area contributed by atoms with Gasteiger partial charge in [-0.1, -0.05) is 60.7 Å². The zero-order valence-corrected chi connectivity index (χ0v) is 29.4. The molecule has 0 radical (unpaired) electrons. The van der Waals surface area contributed by atoms with Gasteiger partial charge in [0.15, 0.2) is 0 Å². The third kappa shape index (κ3) is 10.1. The van der Waals surface area contributed by atoms with Crippen molar-refractivity contribution in [3.05, 3.63) is 83.9 Å². The van der Waals surface area contributed by atoms with Gasteiger partial charge in [0.05, 0.1) is 22.1 Å². The van der Waals surface area contributed by atoms with Crippen LogP contribution in [0.4, 0.5) is 29.2 Å². The Morgan fingerprint density at radius 1 is 0.767 bits per heavy atom. The molecule has 0 saturated carbocycles. The minimum absolute atomic E-state index is 0. The third-order valence-electron chi connectivity index (χ3n) is 5.43. The van der Waals surface area contributed by atoms with Crippen LogP contribution < -0.4 is 74.8 Å². The van der Waals surface area contributed by atoms with Crippen molar-refractivity contribution in [2.75, 3.05) is 29.4 Å². The number of hydrogen-bond acceptors (Lipinski definition) is 13. The molecule has 13 nitrogen and oxygen atoms in total. The first kappa shape index (κ1) is 36.8. The quantitative estimate of drug-likeness (QED) is 0.0772. The van der Waals surface area contributed by atoms with Crippen LogP contribution in [0.15, 0.2) is 82.6 Å². The maximum atomic E-state index is 12.4. The van der Waals surface area contributed by atoms with E-state index in [4.69, 9.17) is 4.84 Å². The van der Waals surface area contributed by atoms with E-state index >= 15 is 0 Å². The second kappa shape index (κ2) is 16.1. The summed E-state index contributed by atoms with van der Waals surface area (Å²) in [6.07, 6.45) is 2.46. The average Bonchev–Trinajstić information content (AvgIpc) is 2.91. The van der Waals surface area contributed by atoms with Crippen LogP contribution in [0, 0.1) is 0 Å². The van der Waals surface area contributed by atoms with E-state index in [1.165, 1.54) is 53.6 Å². The van der Waals surface area contributed by atoms with E-state index in [9.17, 15) is 25.9 Å². The number of rotatable bonds is 11. The number of nitrogens with zero attached hydrogens (tertiary/aromatic N) is 4. The maximum Gasteiger partial charge on any atom is 1.00 e. The van der Waals surface area contributed by atoms with Gasteiger partial charge >= 0.3 is 59.1 Å². The molecule has 2 N–H and O–H groups in total. The van der Waals surface area contributed by atoms with Crippen LogP contribution in [0.1, 0.15) is 18.1 Å². The Labute approximate surface area is 293 Å². The smallest absolute Gasteiger partial charge is 0.744 e. The largest absolute Gasteiger partial charge is 1.00 e. The van der Waals surface area contributed by atoms with Crippen LogP contribution in [-0.4, -0.2) is 54.5 Å². The van der Waals surface area contributed by atoms with Gasteiger partial charge in [-0.2, -0.15) is 15.0 Å². The zero-order chi connectivity index (χ0) is 29.6. The van der Waals surface area contributed by atoms with Gasteiger partial charge in [0.1, 0.15) is 20.2 Å². The van der Waals surface area contributed by atoms with E-state index in [1.54, 1.807) is 26.1 Å². The Hall–Kier alpha value is -2.41. The Kier molecular flexibility index (Phi) is 13.7. The normalized spacial score (nSPS) is 11.3. The van der Waals surface area contributed by atoms with E-state index in [0.29, 0.717) is 12.3 Å². The molecule has 0 aliphatic carbocycles. The number of benzene rings is 3. The fourth-order valence-electron chi connectivity index (χ4n) is 3.73. The molecule has 1 heterocycles. The van der Waals surface area contributed by atoms with Gasteiger partial charge < -0.3 is 19.7 Å². The SMILES string of the molecule is CCON(C)c1nc(Nc2ccccc2)nc(Nc2cccc(C=Cc3ccccc3S(=O)(=O)[O-])c2S(=O)(=O)[O-])n1.[Na+].[Na+]. The molecule has 214 valence electrons. The number of nitrogens with one attached hydrogen (secondary N) is 2. The fourth-order valence-corrected chi connectivity index (χ4v) is 5.21. The molecule has 0 unspecified atom stereocenters. The molecule has 0 fully saturated rings. The third-order valence-corrected chi connectivity index (χ3v) is 7.30. The Bertz CT molecular complexity index is 1800. The van der Waals surface area contributed by atoms with Gasteiger partial charge in [-0.3, -0.25) is 4.84 Å². The van der Waals surface area contributed by atoms with E-state index in [-0.39, 0.29) is 93.8 Å². The van der Waals surface area contributed by atoms with Crippen molar-refractivity contribution in [2.24, 2.45) is 0 Å². The van der Waals surface area contributed by atoms with Gasteiger partial charge in [-0.15, -0.1) is 0 Å². The minimum Gasteiger partial charge on any atom is -0.744 e. The van der Waals surface area contributed by atoms with E-state index in [0.717, 1.165) is 6.07 Å². The van der Waals surface area contributed by atoms with Crippen molar-refractivity contribution in [3.63, 3.8) is 0 Å². The summed E-state index contributed by atoms with van der Waals surface area (Å²) < 4.78 is 72.1. The number of para-hydroxylation sites is 1. The summed E-state index contributed by atoms with van der Waals surface area (Å²) in [6.45, 7) is 2.09. The predicted molar refractivity (Wildman–Crippen MR) is 151 cm³/mol. The number of aromatic nitrogens is 3. The van der Waals surface area contributed by atoms with Crippen molar-refractivity contribution < 1.29 is 89.9 Å². The summed E-state index contributed by atoms with van der Waals surface area (Å²) >= 11 is 0. The van der Waals surface area contributed by atoms with Crippen molar-refractivity contribution in [1.29, 1.82) is 0 Å². The van der Waals surface area contributed by atoms with Crippen LogP contribution in [0.25, 0.3) is 12.2 Å². The Morgan fingerprint density at radius 2 is 1.35 bits per heavy atom. The van der Waals surface area contributed by atoms with Gasteiger partial charge in [-0.25, -0.2) is 21.9 Å². The molecule has 4 aromatic rings. The monoisotopic (exact) mass is 642 g/mol. The molecule has 43 heavy (non-hydrogen) atoms. The van der Waals surface area contributed by atoms with E-state index in [2.05, 4.69) is 25.6 Å². The molecule has 4 rings (SSSR count). The van der Waals surface area contributed by atoms with Crippen molar-refractivity contribution in [2.45, 2.75) is 16.7 Å². The second-order valence-electron chi connectivity index (χ2n) is 8.32. The summed E-state index contributed by atoms with van der Waals surface area (Å²) in [6, 6.07) is 18.6. The number of anilines is 5. The van der Waals surface area contributed by atoms with Crippen molar-refractivity contribution in [3.8, 4) is 0 Å². The molecule has 17 heteroatoms.